The van der Waals surface area contributed by atoms with Gasteiger partial charge in [0.25, 0.3) is 0 Å². The molecule has 0 saturated carbocycles. The molecule has 0 N–H and O–H groups in total. The van der Waals surface area contributed by atoms with E-state index >= 15 is 0 Å². The summed E-state index contributed by atoms with van der Waals surface area (Å²) in [5.74, 6) is 0.436. The van der Waals surface area contributed by atoms with Gasteiger partial charge in [0.15, 0.2) is 0 Å². The van der Waals surface area contributed by atoms with Crippen LogP contribution in [0.2, 0.25) is 0 Å². The molecule has 18 heavy (non-hydrogen) atoms. The van der Waals surface area contributed by atoms with Crippen LogP contribution in [0.3, 0.4) is 0 Å². The molecule has 4 nitrogen and oxygen atoms in total. The van der Waals surface area contributed by atoms with Crippen LogP contribution in [0.5, 0.6) is 0 Å². The molecule has 1 fully saturated rings. The maximum absolute atomic E-state index is 12.0. The smallest absolute Gasteiger partial charge is 0.223 e. The molecule has 0 aromatic carbocycles. The summed E-state index contributed by atoms with van der Waals surface area (Å²) in [5.41, 5.74) is 0.0340. The summed E-state index contributed by atoms with van der Waals surface area (Å²) in [6.07, 6.45) is 2.09. The van der Waals surface area contributed by atoms with E-state index in [0.29, 0.717) is 39.0 Å². The SMILES string of the molecule is CCCC(=O)N1CCN(C(=O)CC(C)(C)C)CC1. The number of piperazine rings is 1. The lowest BCUT2D eigenvalue weighted by atomic mass is 9.91. The Morgan fingerprint density at radius 1 is 0.944 bits per heavy atom. The summed E-state index contributed by atoms with van der Waals surface area (Å²) in [5, 5.41) is 0. The lowest BCUT2D eigenvalue weighted by Gasteiger charge is -2.36. The van der Waals surface area contributed by atoms with Gasteiger partial charge in [-0.25, -0.2) is 0 Å². The highest BCUT2D eigenvalue weighted by molar-refractivity contribution is 5.78. The first-order valence-corrected chi connectivity index (χ1v) is 6.89. The van der Waals surface area contributed by atoms with Crippen molar-refractivity contribution >= 4 is 11.8 Å². The zero-order valence-corrected chi connectivity index (χ0v) is 12.2. The number of hydrogen-bond acceptors (Lipinski definition) is 2. The molecule has 1 saturated heterocycles. The first kappa shape index (κ1) is 15.0. The van der Waals surface area contributed by atoms with E-state index in [-0.39, 0.29) is 17.2 Å². The number of nitrogens with zero attached hydrogens (tertiary/aromatic N) is 2. The molecule has 0 spiro atoms. The molecule has 0 radical (unpaired) electrons. The van der Waals surface area contributed by atoms with Crippen LogP contribution < -0.4 is 0 Å². The van der Waals surface area contributed by atoms with Gasteiger partial charge in [-0.15, -0.1) is 0 Å². The van der Waals surface area contributed by atoms with Crippen molar-refractivity contribution in [1.29, 1.82) is 0 Å². The predicted molar refractivity (Wildman–Crippen MR) is 72.1 cm³/mol. The highest BCUT2D eigenvalue weighted by atomic mass is 16.2. The molecular weight excluding hydrogens is 228 g/mol. The Labute approximate surface area is 110 Å². The quantitative estimate of drug-likeness (QED) is 0.771. The van der Waals surface area contributed by atoms with Crippen LogP contribution in [0.4, 0.5) is 0 Å². The fraction of sp³-hybridized carbons (Fsp3) is 0.857. The van der Waals surface area contributed by atoms with E-state index in [9.17, 15) is 9.59 Å². The van der Waals surface area contributed by atoms with E-state index in [1.165, 1.54) is 0 Å². The third-order valence-electron chi connectivity index (χ3n) is 3.13. The topological polar surface area (TPSA) is 40.6 Å². The van der Waals surface area contributed by atoms with Gasteiger partial charge >= 0.3 is 0 Å². The van der Waals surface area contributed by atoms with Gasteiger partial charge in [0, 0.05) is 39.0 Å². The van der Waals surface area contributed by atoms with Gasteiger partial charge in [0.1, 0.15) is 0 Å². The number of carbonyl (C=O) groups is 2. The molecular formula is C14H26N2O2. The van der Waals surface area contributed by atoms with Gasteiger partial charge in [0.2, 0.25) is 11.8 Å². The summed E-state index contributed by atoms with van der Waals surface area (Å²) in [4.78, 5) is 27.5. The summed E-state index contributed by atoms with van der Waals surface area (Å²) < 4.78 is 0. The van der Waals surface area contributed by atoms with E-state index in [1.54, 1.807) is 0 Å². The number of hydrogen-bond donors (Lipinski definition) is 0. The Kier molecular flexibility index (Phi) is 5.17. The fourth-order valence-electron chi connectivity index (χ4n) is 2.14. The first-order chi connectivity index (χ1) is 8.33. The monoisotopic (exact) mass is 254 g/mol. The van der Waals surface area contributed by atoms with Gasteiger partial charge in [-0.05, 0) is 11.8 Å². The summed E-state index contributed by atoms with van der Waals surface area (Å²) in [7, 11) is 0. The van der Waals surface area contributed by atoms with Gasteiger partial charge in [-0.1, -0.05) is 27.7 Å². The molecule has 1 heterocycles. The first-order valence-electron chi connectivity index (χ1n) is 6.89. The van der Waals surface area contributed by atoms with E-state index in [4.69, 9.17) is 0 Å². The minimum atomic E-state index is 0.0340. The highest BCUT2D eigenvalue weighted by Crippen LogP contribution is 2.20. The van der Waals surface area contributed by atoms with Gasteiger partial charge in [-0.2, -0.15) is 0 Å². The van der Waals surface area contributed by atoms with Crippen molar-refractivity contribution in [2.24, 2.45) is 5.41 Å². The average Bonchev–Trinajstić information content (AvgIpc) is 2.27. The lowest BCUT2D eigenvalue weighted by molar-refractivity contribution is -0.140. The molecule has 1 rings (SSSR count). The third kappa shape index (κ3) is 4.67. The maximum atomic E-state index is 12.0. The largest absolute Gasteiger partial charge is 0.339 e. The summed E-state index contributed by atoms with van der Waals surface area (Å²) >= 11 is 0. The Bertz CT molecular complexity index is 299. The second-order valence-corrected chi connectivity index (χ2v) is 6.25. The van der Waals surface area contributed by atoms with Crippen molar-refractivity contribution in [3.63, 3.8) is 0 Å². The molecule has 2 amide bonds. The Balaban J connectivity index is 2.39. The van der Waals surface area contributed by atoms with Crippen molar-refractivity contribution in [3.05, 3.63) is 0 Å². The maximum Gasteiger partial charge on any atom is 0.223 e. The van der Waals surface area contributed by atoms with Crippen LogP contribution in [0, 0.1) is 5.41 Å². The van der Waals surface area contributed by atoms with Crippen LogP contribution in [-0.4, -0.2) is 47.8 Å². The zero-order valence-electron chi connectivity index (χ0n) is 12.2. The molecule has 0 bridgehead atoms. The molecule has 104 valence electrons. The van der Waals surface area contributed by atoms with Crippen LogP contribution >= 0.6 is 0 Å². The summed E-state index contributed by atoms with van der Waals surface area (Å²) in [6, 6.07) is 0. The molecule has 1 aliphatic heterocycles. The van der Waals surface area contributed by atoms with Gasteiger partial charge in [0.05, 0.1) is 0 Å². The van der Waals surface area contributed by atoms with Crippen molar-refractivity contribution in [3.8, 4) is 0 Å². The van der Waals surface area contributed by atoms with Crippen LogP contribution in [0.25, 0.3) is 0 Å². The highest BCUT2D eigenvalue weighted by Gasteiger charge is 2.26. The minimum absolute atomic E-state index is 0.0340. The standard InChI is InChI=1S/C14H26N2O2/c1-5-6-12(17)15-7-9-16(10-8-15)13(18)11-14(2,3)4/h5-11H2,1-4H3. The molecule has 0 aromatic heterocycles. The third-order valence-corrected chi connectivity index (χ3v) is 3.13. The minimum Gasteiger partial charge on any atom is -0.339 e. The second kappa shape index (κ2) is 6.21. The number of carbonyl (C=O) groups excluding carboxylic acids is 2. The van der Waals surface area contributed by atoms with E-state index in [0.717, 1.165) is 6.42 Å². The lowest BCUT2D eigenvalue weighted by Crippen LogP contribution is -2.51. The van der Waals surface area contributed by atoms with Crippen LogP contribution in [-0.2, 0) is 9.59 Å². The molecule has 0 atom stereocenters. The van der Waals surface area contributed by atoms with Crippen LogP contribution in [0.1, 0.15) is 47.0 Å². The average molecular weight is 254 g/mol. The van der Waals surface area contributed by atoms with Crippen molar-refractivity contribution in [2.45, 2.75) is 47.0 Å². The van der Waals surface area contributed by atoms with Crippen molar-refractivity contribution < 1.29 is 9.59 Å². The molecule has 0 unspecified atom stereocenters. The van der Waals surface area contributed by atoms with Crippen molar-refractivity contribution in [1.82, 2.24) is 9.80 Å². The Hall–Kier alpha value is -1.06. The molecule has 1 aliphatic rings. The number of amides is 2. The molecule has 0 aromatic rings. The number of rotatable bonds is 3. The van der Waals surface area contributed by atoms with Crippen LogP contribution in [0.15, 0.2) is 0 Å². The Morgan fingerprint density at radius 3 is 1.78 bits per heavy atom. The van der Waals surface area contributed by atoms with E-state index in [1.807, 2.05) is 16.7 Å². The van der Waals surface area contributed by atoms with Gasteiger partial charge in [-0.3, -0.25) is 9.59 Å². The molecule has 4 heteroatoms. The van der Waals surface area contributed by atoms with Gasteiger partial charge < -0.3 is 9.80 Å². The Morgan fingerprint density at radius 2 is 1.39 bits per heavy atom. The molecule has 0 aliphatic carbocycles. The fourth-order valence-corrected chi connectivity index (χ4v) is 2.14. The normalized spacial score (nSPS) is 16.9. The van der Waals surface area contributed by atoms with E-state index < -0.39 is 0 Å². The van der Waals surface area contributed by atoms with Crippen molar-refractivity contribution in [2.75, 3.05) is 26.2 Å². The predicted octanol–water partition coefficient (Wildman–Crippen LogP) is 1.89. The van der Waals surface area contributed by atoms with E-state index in [2.05, 4.69) is 20.8 Å². The summed E-state index contributed by atoms with van der Waals surface area (Å²) in [6.45, 7) is 11.0. The zero-order chi connectivity index (χ0) is 13.8. The second-order valence-electron chi connectivity index (χ2n) is 6.25.